The Morgan fingerprint density at radius 2 is 2.30 bits per heavy atom. The largest absolute Gasteiger partial charge is 0.315 e. The van der Waals surface area contributed by atoms with Crippen LogP contribution in [-0.4, -0.2) is 13.1 Å². The van der Waals surface area contributed by atoms with Gasteiger partial charge in [0.2, 0.25) is 0 Å². The zero-order valence-electron chi connectivity index (χ0n) is 6.06. The van der Waals surface area contributed by atoms with E-state index < -0.39 is 0 Å². The molecule has 1 aliphatic carbocycles. The first-order valence-corrected chi connectivity index (χ1v) is 3.98. The van der Waals surface area contributed by atoms with E-state index in [1.807, 2.05) is 0 Å². The first-order chi connectivity index (χ1) is 4.87. The summed E-state index contributed by atoms with van der Waals surface area (Å²) in [7, 11) is 0. The van der Waals surface area contributed by atoms with Gasteiger partial charge in [-0.3, -0.25) is 0 Å². The summed E-state index contributed by atoms with van der Waals surface area (Å²) in [4.78, 5) is 0. The molecular weight excluding hydrogens is 124 g/mol. The van der Waals surface area contributed by atoms with Gasteiger partial charge in [0.1, 0.15) is 0 Å². The molecule has 0 aromatic heterocycles. The van der Waals surface area contributed by atoms with Crippen molar-refractivity contribution in [1.29, 1.82) is 5.26 Å². The van der Waals surface area contributed by atoms with Gasteiger partial charge in [-0.1, -0.05) is 6.42 Å². The molecule has 2 nitrogen and oxygen atoms in total. The second-order valence-corrected chi connectivity index (χ2v) is 3.53. The molecule has 10 heavy (non-hydrogen) atoms. The van der Waals surface area contributed by atoms with Gasteiger partial charge in [-0.25, -0.2) is 0 Å². The molecule has 1 heterocycles. The van der Waals surface area contributed by atoms with Crippen LogP contribution in [-0.2, 0) is 0 Å². The Bertz CT molecular complexity index is 176. The molecule has 0 aromatic rings. The van der Waals surface area contributed by atoms with E-state index in [-0.39, 0.29) is 0 Å². The maximum Gasteiger partial charge on any atom is 0.0675 e. The molecule has 2 fully saturated rings. The molecule has 2 rings (SSSR count). The summed E-state index contributed by atoms with van der Waals surface area (Å²) in [6.45, 7) is 2.02. The molecule has 2 aliphatic rings. The third-order valence-corrected chi connectivity index (χ3v) is 3.07. The van der Waals surface area contributed by atoms with Crippen molar-refractivity contribution in [3.63, 3.8) is 0 Å². The Hall–Kier alpha value is -0.550. The SMILES string of the molecule is N#CC1CNCC12CCC2. The van der Waals surface area contributed by atoms with Crippen LogP contribution in [0.5, 0.6) is 0 Å². The lowest BCUT2D eigenvalue weighted by molar-refractivity contribution is 0.126. The molecule has 0 aromatic carbocycles. The molecule has 1 N–H and O–H groups in total. The maximum absolute atomic E-state index is 8.78. The summed E-state index contributed by atoms with van der Waals surface area (Å²) in [5.74, 6) is 0.307. The second kappa shape index (κ2) is 1.96. The predicted octanol–water partition coefficient (Wildman–Crippen LogP) is 0.900. The van der Waals surface area contributed by atoms with Gasteiger partial charge >= 0.3 is 0 Å². The van der Waals surface area contributed by atoms with E-state index in [1.54, 1.807) is 0 Å². The summed E-state index contributed by atoms with van der Waals surface area (Å²) < 4.78 is 0. The van der Waals surface area contributed by atoms with Crippen LogP contribution in [0.1, 0.15) is 19.3 Å². The Kier molecular flexibility index (Phi) is 1.21. The minimum Gasteiger partial charge on any atom is -0.315 e. The van der Waals surface area contributed by atoms with Gasteiger partial charge in [0.15, 0.2) is 0 Å². The van der Waals surface area contributed by atoms with Gasteiger partial charge in [-0.05, 0) is 18.3 Å². The van der Waals surface area contributed by atoms with Crippen LogP contribution in [0.3, 0.4) is 0 Å². The van der Waals surface area contributed by atoms with E-state index in [9.17, 15) is 0 Å². The number of hydrogen-bond acceptors (Lipinski definition) is 2. The molecule has 0 bridgehead atoms. The first kappa shape index (κ1) is 6.18. The van der Waals surface area contributed by atoms with Crippen LogP contribution in [0.2, 0.25) is 0 Å². The molecule has 1 saturated carbocycles. The van der Waals surface area contributed by atoms with Gasteiger partial charge in [-0.2, -0.15) is 5.26 Å². The lowest BCUT2D eigenvalue weighted by Gasteiger charge is -2.39. The normalized spacial score (nSPS) is 35.3. The van der Waals surface area contributed by atoms with Crippen molar-refractivity contribution in [2.75, 3.05) is 13.1 Å². The zero-order chi connectivity index (χ0) is 7.03. The minimum atomic E-state index is 0.307. The zero-order valence-corrected chi connectivity index (χ0v) is 6.06. The van der Waals surface area contributed by atoms with Gasteiger partial charge < -0.3 is 5.32 Å². The number of nitriles is 1. The van der Waals surface area contributed by atoms with Crippen LogP contribution >= 0.6 is 0 Å². The van der Waals surface area contributed by atoms with Crippen LogP contribution < -0.4 is 5.32 Å². The standard InChI is InChI=1S/C8H12N2/c9-4-7-5-10-6-8(7)2-1-3-8/h7,10H,1-3,5-6H2. The van der Waals surface area contributed by atoms with E-state index in [1.165, 1.54) is 19.3 Å². The monoisotopic (exact) mass is 136 g/mol. The quantitative estimate of drug-likeness (QED) is 0.537. The number of nitrogens with one attached hydrogen (secondary N) is 1. The van der Waals surface area contributed by atoms with Gasteiger partial charge in [0.05, 0.1) is 12.0 Å². The van der Waals surface area contributed by atoms with E-state index in [4.69, 9.17) is 5.26 Å². The van der Waals surface area contributed by atoms with Crippen molar-refractivity contribution in [1.82, 2.24) is 5.32 Å². The molecule has 1 atom stereocenters. The molecule has 1 saturated heterocycles. The maximum atomic E-state index is 8.78. The molecular formula is C8H12N2. The highest BCUT2D eigenvalue weighted by Gasteiger charge is 2.47. The molecule has 0 amide bonds. The van der Waals surface area contributed by atoms with E-state index in [0.717, 1.165) is 13.1 Å². The average molecular weight is 136 g/mol. The fraction of sp³-hybridized carbons (Fsp3) is 0.875. The predicted molar refractivity (Wildman–Crippen MR) is 38.3 cm³/mol. The number of rotatable bonds is 0. The first-order valence-electron chi connectivity index (χ1n) is 3.98. The van der Waals surface area contributed by atoms with Crippen LogP contribution in [0.25, 0.3) is 0 Å². The Balaban J connectivity index is 2.14. The van der Waals surface area contributed by atoms with Gasteiger partial charge in [0, 0.05) is 13.1 Å². The van der Waals surface area contributed by atoms with E-state index >= 15 is 0 Å². The summed E-state index contributed by atoms with van der Waals surface area (Å²) in [6, 6.07) is 2.39. The second-order valence-electron chi connectivity index (χ2n) is 3.53. The molecule has 2 heteroatoms. The van der Waals surface area contributed by atoms with Crippen molar-refractivity contribution >= 4 is 0 Å². The highest BCUT2D eigenvalue weighted by Crippen LogP contribution is 2.48. The van der Waals surface area contributed by atoms with Crippen molar-refractivity contribution in [3.8, 4) is 6.07 Å². The summed E-state index contributed by atoms with van der Waals surface area (Å²) in [5, 5.41) is 12.1. The van der Waals surface area contributed by atoms with Gasteiger partial charge in [0.25, 0.3) is 0 Å². The highest BCUT2D eigenvalue weighted by atomic mass is 14.9. The highest BCUT2D eigenvalue weighted by molar-refractivity contribution is 5.08. The molecule has 0 radical (unpaired) electrons. The minimum absolute atomic E-state index is 0.307. The Morgan fingerprint density at radius 1 is 1.50 bits per heavy atom. The van der Waals surface area contributed by atoms with Gasteiger partial charge in [-0.15, -0.1) is 0 Å². The lowest BCUT2D eigenvalue weighted by Crippen LogP contribution is -2.36. The van der Waals surface area contributed by atoms with Crippen LogP contribution in [0, 0.1) is 22.7 Å². The van der Waals surface area contributed by atoms with Crippen molar-refractivity contribution < 1.29 is 0 Å². The fourth-order valence-corrected chi connectivity index (χ4v) is 2.14. The third-order valence-electron chi connectivity index (χ3n) is 3.07. The number of nitrogens with zero attached hydrogens (tertiary/aromatic N) is 1. The molecule has 54 valence electrons. The lowest BCUT2D eigenvalue weighted by atomic mass is 9.63. The van der Waals surface area contributed by atoms with Crippen molar-refractivity contribution in [2.24, 2.45) is 11.3 Å². The Morgan fingerprint density at radius 3 is 2.70 bits per heavy atom. The summed E-state index contributed by atoms with van der Waals surface area (Å²) in [6.07, 6.45) is 3.89. The van der Waals surface area contributed by atoms with Crippen molar-refractivity contribution in [2.45, 2.75) is 19.3 Å². The summed E-state index contributed by atoms with van der Waals surface area (Å²) >= 11 is 0. The Labute approximate surface area is 61.2 Å². The smallest absolute Gasteiger partial charge is 0.0675 e. The summed E-state index contributed by atoms with van der Waals surface area (Å²) in [5.41, 5.74) is 0.411. The van der Waals surface area contributed by atoms with Crippen molar-refractivity contribution in [3.05, 3.63) is 0 Å². The fourth-order valence-electron chi connectivity index (χ4n) is 2.14. The molecule has 1 aliphatic heterocycles. The third kappa shape index (κ3) is 0.615. The van der Waals surface area contributed by atoms with Crippen LogP contribution in [0.15, 0.2) is 0 Å². The molecule has 1 unspecified atom stereocenters. The topological polar surface area (TPSA) is 35.8 Å². The molecule has 1 spiro atoms. The van der Waals surface area contributed by atoms with E-state index in [0.29, 0.717) is 11.3 Å². The van der Waals surface area contributed by atoms with Crippen LogP contribution in [0.4, 0.5) is 0 Å². The number of hydrogen-bond donors (Lipinski definition) is 1. The van der Waals surface area contributed by atoms with E-state index in [2.05, 4.69) is 11.4 Å². The average Bonchev–Trinajstić information content (AvgIpc) is 2.27.